The molecular formula is C23H25N3O. The number of hydrogen-bond acceptors (Lipinski definition) is 4. The van der Waals surface area contributed by atoms with E-state index in [1.54, 1.807) is 0 Å². The molecule has 1 aliphatic carbocycles. The molecule has 3 aromatic rings. The summed E-state index contributed by atoms with van der Waals surface area (Å²) in [5, 5.41) is 4.88. The monoisotopic (exact) mass is 359 g/mol. The summed E-state index contributed by atoms with van der Waals surface area (Å²) in [5.74, 6) is 1.00. The number of ether oxygens (including phenoxy) is 1. The lowest BCUT2D eigenvalue weighted by Gasteiger charge is -2.25. The van der Waals surface area contributed by atoms with E-state index in [-0.39, 0.29) is 0 Å². The summed E-state index contributed by atoms with van der Waals surface area (Å²) in [4.78, 5) is 4.76. The van der Waals surface area contributed by atoms with Gasteiger partial charge in [-0.1, -0.05) is 30.3 Å². The molecule has 4 heteroatoms. The van der Waals surface area contributed by atoms with Gasteiger partial charge >= 0.3 is 0 Å². The van der Waals surface area contributed by atoms with Crippen molar-refractivity contribution in [2.75, 3.05) is 24.3 Å². The van der Waals surface area contributed by atoms with Gasteiger partial charge in [0.15, 0.2) is 0 Å². The highest BCUT2D eigenvalue weighted by atomic mass is 16.5. The molecule has 0 radical (unpaired) electrons. The number of rotatable bonds is 3. The summed E-state index contributed by atoms with van der Waals surface area (Å²) in [5.41, 5.74) is 12.5. The first-order valence-electron chi connectivity index (χ1n) is 9.91. The molecule has 1 saturated heterocycles. The topological polar surface area (TPSA) is 60.2 Å². The molecule has 2 aromatic carbocycles. The first-order chi connectivity index (χ1) is 13.3. The van der Waals surface area contributed by atoms with Crippen LogP contribution in [0.1, 0.15) is 41.9 Å². The number of anilines is 2. The van der Waals surface area contributed by atoms with Gasteiger partial charge in [0.1, 0.15) is 5.82 Å². The van der Waals surface area contributed by atoms with Crippen molar-refractivity contribution in [3.05, 3.63) is 65.2 Å². The summed E-state index contributed by atoms with van der Waals surface area (Å²) in [6.07, 6.45) is 4.30. The number of nitrogen functional groups attached to an aromatic ring is 1. The van der Waals surface area contributed by atoms with E-state index in [1.807, 2.05) is 6.07 Å². The molecule has 2 heterocycles. The molecule has 2 aliphatic rings. The van der Waals surface area contributed by atoms with Gasteiger partial charge in [0.2, 0.25) is 0 Å². The van der Waals surface area contributed by atoms with Crippen LogP contribution in [0.2, 0.25) is 0 Å². The van der Waals surface area contributed by atoms with E-state index < -0.39 is 0 Å². The Bertz CT molecular complexity index is 979. The van der Waals surface area contributed by atoms with Crippen molar-refractivity contribution < 1.29 is 4.74 Å². The largest absolute Gasteiger partial charge is 0.383 e. The van der Waals surface area contributed by atoms with Crippen LogP contribution in [-0.2, 0) is 11.2 Å². The number of hydrogen-bond donors (Lipinski definition) is 2. The maximum Gasteiger partial charge on any atom is 0.127 e. The van der Waals surface area contributed by atoms with Crippen molar-refractivity contribution in [1.29, 1.82) is 0 Å². The number of aryl methyl sites for hydroxylation is 1. The number of nitrogens with two attached hydrogens (primary N) is 1. The Hall–Kier alpha value is -2.59. The molecular weight excluding hydrogens is 334 g/mol. The van der Waals surface area contributed by atoms with Gasteiger partial charge in [-0.2, -0.15) is 0 Å². The Balaban J connectivity index is 1.56. The van der Waals surface area contributed by atoms with Crippen molar-refractivity contribution in [2.24, 2.45) is 0 Å². The van der Waals surface area contributed by atoms with Gasteiger partial charge in [0.25, 0.3) is 0 Å². The highest BCUT2D eigenvalue weighted by molar-refractivity contribution is 5.93. The highest BCUT2D eigenvalue weighted by Gasteiger charge is 2.26. The fourth-order valence-electron chi connectivity index (χ4n) is 4.57. The standard InChI is InChI=1S/C23H25N3O/c24-23-19(18-9-8-15-4-1-2-5-17(15)18)14-20-21(6-3-7-22(20)26-23)25-16-10-12-27-13-11-16/h1-7,14,16,18,25H,8-13H2,(H2,24,26)/t18-/m1/s1. The summed E-state index contributed by atoms with van der Waals surface area (Å²) in [6, 6.07) is 17.7. The van der Waals surface area contributed by atoms with Gasteiger partial charge in [0, 0.05) is 41.8 Å². The average Bonchev–Trinajstić information content (AvgIpc) is 3.12. The molecule has 3 N–H and O–H groups in total. The summed E-state index contributed by atoms with van der Waals surface area (Å²) < 4.78 is 5.49. The van der Waals surface area contributed by atoms with E-state index in [9.17, 15) is 0 Å². The Kier molecular flexibility index (Phi) is 4.21. The van der Waals surface area contributed by atoms with Crippen molar-refractivity contribution in [3.63, 3.8) is 0 Å². The van der Waals surface area contributed by atoms with Gasteiger partial charge in [-0.25, -0.2) is 4.98 Å². The molecule has 0 spiro atoms. The Morgan fingerprint density at radius 2 is 1.81 bits per heavy atom. The number of aromatic nitrogens is 1. The van der Waals surface area contributed by atoms with Crippen molar-refractivity contribution >= 4 is 22.4 Å². The van der Waals surface area contributed by atoms with Crippen LogP contribution in [0.25, 0.3) is 10.9 Å². The number of pyridine rings is 1. The van der Waals surface area contributed by atoms with Crippen LogP contribution in [0.3, 0.4) is 0 Å². The Morgan fingerprint density at radius 3 is 2.70 bits per heavy atom. The maximum atomic E-state index is 6.41. The van der Waals surface area contributed by atoms with Crippen LogP contribution in [0.5, 0.6) is 0 Å². The van der Waals surface area contributed by atoms with Crippen molar-refractivity contribution in [1.82, 2.24) is 4.98 Å². The minimum atomic E-state index is 0.342. The molecule has 0 unspecified atom stereocenters. The zero-order valence-electron chi connectivity index (χ0n) is 15.4. The maximum absolute atomic E-state index is 6.41. The minimum absolute atomic E-state index is 0.342. The molecule has 0 amide bonds. The van der Waals surface area contributed by atoms with Gasteiger partial charge < -0.3 is 15.8 Å². The minimum Gasteiger partial charge on any atom is -0.383 e. The first-order valence-corrected chi connectivity index (χ1v) is 9.91. The van der Waals surface area contributed by atoms with Crippen LogP contribution >= 0.6 is 0 Å². The number of nitrogens with one attached hydrogen (secondary N) is 1. The van der Waals surface area contributed by atoms with Gasteiger partial charge in [0.05, 0.1) is 5.52 Å². The summed E-state index contributed by atoms with van der Waals surface area (Å²) in [6.45, 7) is 1.66. The average molecular weight is 359 g/mol. The van der Waals surface area contributed by atoms with E-state index >= 15 is 0 Å². The van der Waals surface area contributed by atoms with Crippen LogP contribution in [0, 0.1) is 0 Å². The second kappa shape index (κ2) is 6.86. The number of benzene rings is 2. The highest BCUT2D eigenvalue weighted by Crippen LogP contribution is 2.41. The van der Waals surface area contributed by atoms with E-state index in [0.29, 0.717) is 17.8 Å². The van der Waals surface area contributed by atoms with Crippen LogP contribution < -0.4 is 11.1 Å². The zero-order valence-corrected chi connectivity index (χ0v) is 15.4. The molecule has 1 aliphatic heterocycles. The fourth-order valence-corrected chi connectivity index (χ4v) is 4.57. The second-order valence-electron chi connectivity index (χ2n) is 7.66. The predicted molar refractivity (Wildman–Crippen MR) is 110 cm³/mol. The van der Waals surface area contributed by atoms with E-state index in [0.717, 1.165) is 61.1 Å². The van der Waals surface area contributed by atoms with Gasteiger partial charge in [-0.05, 0) is 55.0 Å². The summed E-state index contributed by atoms with van der Waals surface area (Å²) >= 11 is 0. The Morgan fingerprint density at radius 1 is 0.963 bits per heavy atom. The van der Waals surface area contributed by atoms with E-state index in [4.69, 9.17) is 15.5 Å². The lowest BCUT2D eigenvalue weighted by atomic mass is 9.92. The predicted octanol–water partition coefficient (Wildman–Crippen LogP) is 4.49. The normalized spacial score (nSPS) is 19.9. The SMILES string of the molecule is Nc1nc2cccc(NC3CCOCC3)c2cc1[C@@H]1CCc2ccccc21. The van der Waals surface area contributed by atoms with Crippen molar-refractivity contribution in [3.8, 4) is 0 Å². The molecule has 27 heavy (non-hydrogen) atoms. The van der Waals surface area contributed by atoms with Crippen molar-refractivity contribution in [2.45, 2.75) is 37.6 Å². The van der Waals surface area contributed by atoms with E-state index in [2.05, 4.69) is 47.8 Å². The number of fused-ring (bicyclic) bond motifs is 2. The molecule has 5 rings (SSSR count). The number of nitrogens with zero attached hydrogens (tertiary/aromatic N) is 1. The lowest BCUT2D eigenvalue weighted by Crippen LogP contribution is -2.27. The molecule has 1 atom stereocenters. The summed E-state index contributed by atoms with van der Waals surface area (Å²) in [7, 11) is 0. The quantitative estimate of drug-likeness (QED) is 0.723. The van der Waals surface area contributed by atoms with Crippen LogP contribution in [0.4, 0.5) is 11.5 Å². The molecule has 1 fully saturated rings. The molecule has 0 saturated carbocycles. The Labute approximate surface area is 159 Å². The molecule has 138 valence electrons. The molecule has 1 aromatic heterocycles. The fraction of sp³-hybridized carbons (Fsp3) is 0.348. The van der Waals surface area contributed by atoms with Gasteiger partial charge in [-0.15, -0.1) is 0 Å². The zero-order chi connectivity index (χ0) is 18.2. The lowest BCUT2D eigenvalue weighted by molar-refractivity contribution is 0.0905. The van der Waals surface area contributed by atoms with Crippen LogP contribution in [-0.4, -0.2) is 24.2 Å². The third-order valence-corrected chi connectivity index (χ3v) is 6.01. The van der Waals surface area contributed by atoms with Gasteiger partial charge in [-0.3, -0.25) is 0 Å². The first kappa shape index (κ1) is 16.6. The molecule has 4 nitrogen and oxygen atoms in total. The smallest absolute Gasteiger partial charge is 0.127 e. The molecule has 0 bridgehead atoms. The van der Waals surface area contributed by atoms with Crippen LogP contribution in [0.15, 0.2) is 48.5 Å². The third-order valence-electron chi connectivity index (χ3n) is 6.01. The van der Waals surface area contributed by atoms with E-state index in [1.165, 1.54) is 11.1 Å². The third kappa shape index (κ3) is 3.04. The second-order valence-corrected chi connectivity index (χ2v) is 7.66.